The number of rotatable bonds is 5. The summed E-state index contributed by atoms with van der Waals surface area (Å²) in [5.74, 6) is 0.155. The Kier molecular flexibility index (Phi) is 6.19. The molecule has 1 fully saturated rings. The van der Waals surface area contributed by atoms with E-state index in [1.54, 1.807) is 6.08 Å². The minimum Gasteiger partial charge on any atom is -0.352 e. The molecular weight excluding hydrogens is 276 g/mol. The van der Waals surface area contributed by atoms with Crippen LogP contribution >= 0.6 is 0 Å². The number of benzene rings is 1. The molecule has 0 aromatic heterocycles. The molecule has 2 amide bonds. The summed E-state index contributed by atoms with van der Waals surface area (Å²) in [6, 6.07) is 9.83. The normalized spacial score (nSPS) is 21.5. The first kappa shape index (κ1) is 16.3. The molecule has 1 aromatic carbocycles. The Labute approximate surface area is 132 Å². The van der Waals surface area contributed by atoms with E-state index >= 15 is 0 Å². The Bertz CT molecular complexity index is 525. The molecule has 2 atom stereocenters. The van der Waals surface area contributed by atoms with Gasteiger partial charge >= 0.3 is 0 Å². The number of amides is 2. The lowest BCUT2D eigenvalue weighted by molar-refractivity contribution is -0.124. The average molecular weight is 300 g/mol. The van der Waals surface area contributed by atoms with Crippen molar-refractivity contribution in [2.24, 2.45) is 5.92 Å². The van der Waals surface area contributed by atoms with Gasteiger partial charge in [-0.25, -0.2) is 0 Å². The molecule has 2 rings (SSSR count). The summed E-state index contributed by atoms with van der Waals surface area (Å²) in [6.45, 7) is 2.20. The zero-order chi connectivity index (χ0) is 15.8. The second-order valence-electron chi connectivity index (χ2n) is 5.90. The molecule has 1 saturated carbocycles. The van der Waals surface area contributed by atoms with E-state index in [0.717, 1.165) is 18.4 Å². The van der Waals surface area contributed by atoms with E-state index in [0.29, 0.717) is 5.92 Å². The van der Waals surface area contributed by atoms with Gasteiger partial charge in [-0.15, -0.1) is 0 Å². The van der Waals surface area contributed by atoms with E-state index in [9.17, 15) is 9.59 Å². The van der Waals surface area contributed by atoms with Crippen molar-refractivity contribution in [3.63, 3.8) is 0 Å². The molecule has 1 aliphatic rings. The fourth-order valence-corrected chi connectivity index (χ4v) is 2.75. The summed E-state index contributed by atoms with van der Waals surface area (Å²) in [5, 5.41) is 5.64. The number of hydrogen-bond acceptors (Lipinski definition) is 2. The zero-order valence-corrected chi connectivity index (χ0v) is 13.0. The summed E-state index contributed by atoms with van der Waals surface area (Å²) in [6.07, 6.45) is 7.80. The Morgan fingerprint density at radius 1 is 1.18 bits per heavy atom. The number of hydrogen-bond donors (Lipinski definition) is 2. The minimum atomic E-state index is -0.254. The first-order chi connectivity index (χ1) is 10.6. The van der Waals surface area contributed by atoms with Crippen LogP contribution in [0.15, 0.2) is 36.4 Å². The first-order valence-corrected chi connectivity index (χ1v) is 7.95. The van der Waals surface area contributed by atoms with Gasteiger partial charge in [0, 0.05) is 12.1 Å². The molecule has 22 heavy (non-hydrogen) atoms. The maximum atomic E-state index is 11.9. The van der Waals surface area contributed by atoms with Crippen LogP contribution in [-0.4, -0.2) is 24.4 Å². The van der Waals surface area contributed by atoms with E-state index < -0.39 is 0 Å². The third-order valence-electron chi connectivity index (χ3n) is 4.11. The monoisotopic (exact) mass is 300 g/mol. The standard InChI is InChI=1S/C18H24N2O2/c1-14-7-5-6-10-16(14)20-18(22)13-19-17(21)12-11-15-8-3-2-4-9-15/h2-4,8-9,11-12,14,16H,5-7,10,13H2,1H3,(H,19,21)(H,20,22)/b12-11+/t14-,16-/m1/s1. The van der Waals surface area contributed by atoms with Gasteiger partial charge in [0.25, 0.3) is 0 Å². The number of carbonyl (C=O) groups is 2. The maximum absolute atomic E-state index is 11.9. The highest BCUT2D eigenvalue weighted by atomic mass is 16.2. The van der Waals surface area contributed by atoms with Crippen LogP contribution in [0.4, 0.5) is 0 Å². The van der Waals surface area contributed by atoms with Crippen molar-refractivity contribution in [1.29, 1.82) is 0 Å². The molecule has 118 valence electrons. The molecule has 0 spiro atoms. The molecule has 1 aliphatic carbocycles. The smallest absolute Gasteiger partial charge is 0.244 e. The Hall–Kier alpha value is -2.10. The predicted molar refractivity (Wildman–Crippen MR) is 88.0 cm³/mol. The molecule has 0 aliphatic heterocycles. The van der Waals surface area contributed by atoms with Crippen molar-refractivity contribution in [3.05, 3.63) is 42.0 Å². The molecule has 4 nitrogen and oxygen atoms in total. The van der Waals surface area contributed by atoms with Crippen molar-refractivity contribution in [3.8, 4) is 0 Å². The Balaban J connectivity index is 1.71. The minimum absolute atomic E-state index is 0.0290. The van der Waals surface area contributed by atoms with Crippen LogP contribution in [0, 0.1) is 5.92 Å². The molecule has 2 N–H and O–H groups in total. The number of carbonyl (C=O) groups excluding carboxylic acids is 2. The lowest BCUT2D eigenvalue weighted by atomic mass is 9.86. The van der Waals surface area contributed by atoms with Gasteiger partial charge in [-0.2, -0.15) is 0 Å². The van der Waals surface area contributed by atoms with Crippen molar-refractivity contribution in [1.82, 2.24) is 10.6 Å². The molecule has 0 bridgehead atoms. The topological polar surface area (TPSA) is 58.2 Å². The predicted octanol–water partition coefficient (Wildman–Crippen LogP) is 2.51. The van der Waals surface area contributed by atoms with E-state index in [-0.39, 0.29) is 24.4 Å². The van der Waals surface area contributed by atoms with Gasteiger partial charge in [-0.1, -0.05) is 50.1 Å². The summed E-state index contributed by atoms with van der Waals surface area (Å²) in [7, 11) is 0. The van der Waals surface area contributed by atoms with Gasteiger partial charge in [-0.3, -0.25) is 9.59 Å². The largest absolute Gasteiger partial charge is 0.352 e. The summed E-state index contributed by atoms with van der Waals surface area (Å²) in [4.78, 5) is 23.6. The van der Waals surface area contributed by atoms with Gasteiger partial charge in [0.1, 0.15) is 0 Å². The van der Waals surface area contributed by atoms with Crippen molar-refractivity contribution >= 4 is 17.9 Å². The Morgan fingerprint density at radius 2 is 1.91 bits per heavy atom. The molecule has 0 unspecified atom stereocenters. The summed E-state index contributed by atoms with van der Waals surface area (Å²) < 4.78 is 0. The molecule has 1 aromatic rings. The van der Waals surface area contributed by atoms with Crippen molar-refractivity contribution in [2.45, 2.75) is 38.6 Å². The van der Waals surface area contributed by atoms with E-state index in [1.807, 2.05) is 30.3 Å². The van der Waals surface area contributed by atoms with Crippen LogP contribution in [0.2, 0.25) is 0 Å². The second kappa shape index (κ2) is 8.37. The van der Waals surface area contributed by atoms with E-state index in [1.165, 1.54) is 18.9 Å². The van der Waals surface area contributed by atoms with Gasteiger partial charge < -0.3 is 10.6 Å². The maximum Gasteiger partial charge on any atom is 0.244 e. The lowest BCUT2D eigenvalue weighted by Crippen LogP contribution is -2.45. The van der Waals surface area contributed by atoms with E-state index in [4.69, 9.17) is 0 Å². The third-order valence-corrected chi connectivity index (χ3v) is 4.11. The van der Waals surface area contributed by atoms with Crippen LogP contribution < -0.4 is 10.6 Å². The third kappa shape index (κ3) is 5.35. The van der Waals surface area contributed by atoms with Gasteiger partial charge in [-0.05, 0) is 30.4 Å². The summed E-state index contributed by atoms with van der Waals surface area (Å²) >= 11 is 0. The first-order valence-electron chi connectivity index (χ1n) is 7.95. The van der Waals surface area contributed by atoms with Crippen LogP contribution in [0.1, 0.15) is 38.2 Å². The highest BCUT2D eigenvalue weighted by molar-refractivity contribution is 5.94. The average Bonchev–Trinajstić information content (AvgIpc) is 2.54. The zero-order valence-electron chi connectivity index (χ0n) is 13.0. The highest BCUT2D eigenvalue weighted by Gasteiger charge is 2.22. The summed E-state index contributed by atoms with van der Waals surface area (Å²) in [5.41, 5.74) is 0.957. The highest BCUT2D eigenvalue weighted by Crippen LogP contribution is 2.23. The SMILES string of the molecule is C[C@@H]1CCCC[C@H]1NC(=O)CNC(=O)/C=C/c1ccccc1. The quantitative estimate of drug-likeness (QED) is 0.821. The molecular formula is C18H24N2O2. The van der Waals surface area contributed by atoms with Crippen LogP contribution in [0.5, 0.6) is 0 Å². The van der Waals surface area contributed by atoms with Crippen molar-refractivity contribution < 1.29 is 9.59 Å². The lowest BCUT2D eigenvalue weighted by Gasteiger charge is -2.29. The molecule has 0 radical (unpaired) electrons. The molecule has 0 saturated heterocycles. The van der Waals surface area contributed by atoms with Gasteiger partial charge in [0.2, 0.25) is 11.8 Å². The fourth-order valence-electron chi connectivity index (χ4n) is 2.75. The molecule has 4 heteroatoms. The van der Waals surface area contributed by atoms with Crippen LogP contribution in [-0.2, 0) is 9.59 Å². The second-order valence-corrected chi connectivity index (χ2v) is 5.90. The molecule has 0 heterocycles. The van der Waals surface area contributed by atoms with Crippen LogP contribution in [0.3, 0.4) is 0 Å². The van der Waals surface area contributed by atoms with Gasteiger partial charge in [0.15, 0.2) is 0 Å². The van der Waals surface area contributed by atoms with Gasteiger partial charge in [0.05, 0.1) is 6.54 Å². The fraction of sp³-hybridized carbons (Fsp3) is 0.444. The van der Waals surface area contributed by atoms with E-state index in [2.05, 4.69) is 17.6 Å². The number of nitrogens with one attached hydrogen (secondary N) is 2. The van der Waals surface area contributed by atoms with Crippen LogP contribution in [0.25, 0.3) is 6.08 Å². The Morgan fingerprint density at radius 3 is 2.64 bits per heavy atom. The van der Waals surface area contributed by atoms with Crippen molar-refractivity contribution in [2.75, 3.05) is 6.54 Å².